The summed E-state index contributed by atoms with van der Waals surface area (Å²) in [5, 5.41) is 0. The van der Waals surface area contributed by atoms with E-state index in [1.807, 2.05) is 26.0 Å². The van der Waals surface area contributed by atoms with Crippen LogP contribution in [-0.4, -0.2) is 36.5 Å². The zero-order valence-corrected chi connectivity index (χ0v) is 12.8. The molecule has 0 bridgehead atoms. The number of ether oxygens (including phenoxy) is 1. The normalized spacial score (nSPS) is 10.3. The highest BCUT2D eigenvalue weighted by Crippen LogP contribution is 2.12. The fourth-order valence-corrected chi connectivity index (χ4v) is 2.02. The molecule has 98 valence electrons. The summed E-state index contributed by atoms with van der Waals surface area (Å²) >= 11 is 2.15. The molecule has 1 rings (SSSR count). The van der Waals surface area contributed by atoms with Crippen molar-refractivity contribution in [1.82, 2.24) is 4.90 Å². The Morgan fingerprint density at radius 1 is 1.39 bits per heavy atom. The lowest BCUT2D eigenvalue weighted by molar-refractivity contribution is -0.141. The minimum absolute atomic E-state index is 0.0293. The summed E-state index contributed by atoms with van der Waals surface area (Å²) in [5.41, 5.74) is 0.583. The number of methoxy groups -OCH3 is 1. The van der Waals surface area contributed by atoms with Crippen LogP contribution in [0, 0.1) is 3.57 Å². The number of halogens is 1. The number of hydrogen-bond acceptors (Lipinski definition) is 3. The van der Waals surface area contributed by atoms with Gasteiger partial charge in [-0.1, -0.05) is 6.07 Å². The van der Waals surface area contributed by atoms with E-state index >= 15 is 0 Å². The van der Waals surface area contributed by atoms with Crippen molar-refractivity contribution in [2.75, 3.05) is 13.7 Å². The molecule has 0 unspecified atom stereocenters. The molecule has 0 fully saturated rings. The summed E-state index contributed by atoms with van der Waals surface area (Å²) in [4.78, 5) is 25.1. The fourth-order valence-electron chi connectivity index (χ4n) is 1.48. The molecule has 1 amide bonds. The van der Waals surface area contributed by atoms with Gasteiger partial charge in [0.1, 0.15) is 6.54 Å². The van der Waals surface area contributed by atoms with Crippen LogP contribution in [0.5, 0.6) is 0 Å². The van der Waals surface area contributed by atoms with Gasteiger partial charge in [-0.2, -0.15) is 0 Å². The van der Waals surface area contributed by atoms with E-state index in [2.05, 4.69) is 27.3 Å². The van der Waals surface area contributed by atoms with E-state index in [1.54, 1.807) is 12.1 Å². The minimum atomic E-state index is -0.414. The van der Waals surface area contributed by atoms with Crippen molar-refractivity contribution in [1.29, 1.82) is 0 Å². The van der Waals surface area contributed by atoms with Crippen LogP contribution in [-0.2, 0) is 9.53 Å². The highest BCUT2D eigenvalue weighted by Gasteiger charge is 2.21. The topological polar surface area (TPSA) is 46.6 Å². The number of nitrogens with zero attached hydrogens (tertiary/aromatic N) is 1. The van der Waals surface area contributed by atoms with Gasteiger partial charge in [0, 0.05) is 15.2 Å². The van der Waals surface area contributed by atoms with Gasteiger partial charge in [-0.3, -0.25) is 9.59 Å². The third kappa shape index (κ3) is 3.97. The number of carbonyl (C=O) groups excluding carboxylic acids is 2. The first kappa shape index (κ1) is 14.9. The van der Waals surface area contributed by atoms with Crippen molar-refractivity contribution in [3.63, 3.8) is 0 Å². The quantitative estimate of drug-likeness (QED) is 0.611. The minimum Gasteiger partial charge on any atom is -0.468 e. The average Bonchev–Trinajstić information content (AvgIpc) is 2.34. The Morgan fingerprint density at radius 3 is 2.56 bits per heavy atom. The standard InChI is InChI=1S/C13H16INO3/c1-9(2)15(8-12(16)18-3)13(17)10-5-4-6-11(14)7-10/h4-7,9H,8H2,1-3H3. The van der Waals surface area contributed by atoms with Gasteiger partial charge in [0.25, 0.3) is 5.91 Å². The smallest absolute Gasteiger partial charge is 0.325 e. The van der Waals surface area contributed by atoms with Gasteiger partial charge >= 0.3 is 5.97 Å². The third-order valence-electron chi connectivity index (χ3n) is 2.48. The van der Waals surface area contributed by atoms with Crippen LogP contribution in [0.2, 0.25) is 0 Å². The molecule has 0 atom stereocenters. The summed E-state index contributed by atoms with van der Waals surface area (Å²) < 4.78 is 5.59. The molecule has 0 heterocycles. The van der Waals surface area contributed by atoms with Crippen molar-refractivity contribution >= 4 is 34.5 Å². The Hall–Kier alpha value is -1.11. The molecule has 0 saturated carbocycles. The molecule has 0 radical (unpaired) electrons. The van der Waals surface area contributed by atoms with E-state index in [-0.39, 0.29) is 18.5 Å². The third-order valence-corrected chi connectivity index (χ3v) is 3.15. The average molecular weight is 361 g/mol. The first-order valence-corrected chi connectivity index (χ1v) is 6.67. The van der Waals surface area contributed by atoms with Gasteiger partial charge < -0.3 is 9.64 Å². The Labute approximate surface area is 120 Å². The van der Waals surface area contributed by atoms with Crippen molar-refractivity contribution in [3.8, 4) is 0 Å². The first-order valence-electron chi connectivity index (χ1n) is 5.59. The van der Waals surface area contributed by atoms with Gasteiger partial charge in [-0.05, 0) is 54.6 Å². The predicted molar refractivity (Wildman–Crippen MR) is 77.3 cm³/mol. The van der Waals surface area contributed by atoms with E-state index in [1.165, 1.54) is 12.0 Å². The summed E-state index contributed by atoms with van der Waals surface area (Å²) in [7, 11) is 1.32. The lowest BCUT2D eigenvalue weighted by atomic mass is 10.1. The molecule has 5 heteroatoms. The molecule has 0 aromatic heterocycles. The van der Waals surface area contributed by atoms with Crippen LogP contribution in [0.1, 0.15) is 24.2 Å². The zero-order chi connectivity index (χ0) is 13.7. The highest BCUT2D eigenvalue weighted by atomic mass is 127. The van der Waals surface area contributed by atoms with E-state index in [0.29, 0.717) is 5.56 Å². The Balaban J connectivity index is 2.93. The molecule has 1 aromatic carbocycles. The van der Waals surface area contributed by atoms with E-state index in [9.17, 15) is 9.59 Å². The Bertz CT molecular complexity index is 446. The molecular weight excluding hydrogens is 345 g/mol. The number of carbonyl (C=O) groups is 2. The number of amides is 1. The Morgan fingerprint density at radius 2 is 2.06 bits per heavy atom. The predicted octanol–water partition coefficient (Wildman–Crippen LogP) is 2.31. The van der Waals surface area contributed by atoms with Crippen LogP contribution in [0.4, 0.5) is 0 Å². The maximum Gasteiger partial charge on any atom is 0.325 e. The zero-order valence-electron chi connectivity index (χ0n) is 10.6. The van der Waals surface area contributed by atoms with E-state index in [4.69, 9.17) is 0 Å². The molecule has 1 aromatic rings. The van der Waals surface area contributed by atoms with Crippen molar-refractivity contribution < 1.29 is 14.3 Å². The van der Waals surface area contributed by atoms with Crippen LogP contribution < -0.4 is 0 Å². The second-order valence-electron chi connectivity index (χ2n) is 4.11. The summed E-state index contributed by atoms with van der Waals surface area (Å²) in [5.74, 6) is -0.573. The fraction of sp³-hybridized carbons (Fsp3) is 0.385. The maximum absolute atomic E-state index is 12.3. The van der Waals surface area contributed by atoms with Crippen LogP contribution >= 0.6 is 22.6 Å². The van der Waals surface area contributed by atoms with Gasteiger partial charge in [0.15, 0.2) is 0 Å². The molecule has 4 nitrogen and oxygen atoms in total. The van der Waals surface area contributed by atoms with Gasteiger partial charge in [-0.15, -0.1) is 0 Å². The van der Waals surface area contributed by atoms with Gasteiger partial charge in [0.05, 0.1) is 7.11 Å². The summed E-state index contributed by atoms with van der Waals surface area (Å²) in [6.07, 6.45) is 0. The van der Waals surface area contributed by atoms with E-state index in [0.717, 1.165) is 3.57 Å². The molecule has 0 aliphatic rings. The molecule has 0 spiro atoms. The lowest BCUT2D eigenvalue weighted by Gasteiger charge is -2.25. The molecule has 0 saturated heterocycles. The summed E-state index contributed by atoms with van der Waals surface area (Å²) in [6.45, 7) is 3.71. The van der Waals surface area contributed by atoms with Gasteiger partial charge in [-0.25, -0.2) is 0 Å². The maximum atomic E-state index is 12.3. The van der Waals surface area contributed by atoms with Crippen LogP contribution in [0.15, 0.2) is 24.3 Å². The number of esters is 1. The molecule has 0 aliphatic heterocycles. The van der Waals surface area contributed by atoms with E-state index < -0.39 is 5.97 Å². The monoisotopic (exact) mass is 361 g/mol. The first-order chi connectivity index (χ1) is 8.45. The van der Waals surface area contributed by atoms with Crippen molar-refractivity contribution in [2.24, 2.45) is 0 Å². The molecular formula is C13H16INO3. The van der Waals surface area contributed by atoms with Crippen molar-refractivity contribution in [2.45, 2.75) is 19.9 Å². The summed E-state index contributed by atoms with van der Waals surface area (Å²) in [6, 6.07) is 7.23. The second kappa shape index (κ2) is 6.72. The number of benzene rings is 1. The highest BCUT2D eigenvalue weighted by molar-refractivity contribution is 14.1. The molecule has 0 N–H and O–H groups in total. The van der Waals surface area contributed by atoms with Crippen LogP contribution in [0.3, 0.4) is 0 Å². The van der Waals surface area contributed by atoms with Crippen molar-refractivity contribution in [3.05, 3.63) is 33.4 Å². The SMILES string of the molecule is COC(=O)CN(C(=O)c1cccc(I)c1)C(C)C. The Kier molecular flexibility index (Phi) is 5.58. The lowest BCUT2D eigenvalue weighted by Crippen LogP contribution is -2.41. The van der Waals surface area contributed by atoms with Crippen LogP contribution in [0.25, 0.3) is 0 Å². The van der Waals surface area contributed by atoms with Gasteiger partial charge in [0.2, 0.25) is 0 Å². The number of hydrogen-bond donors (Lipinski definition) is 0. The molecule has 18 heavy (non-hydrogen) atoms. The largest absolute Gasteiger partial charge is 0.468 e. The number of rotatable bonds is 4. The second-order valence-corrected chi connectivity index (χ2v) is 5.36. The molecule has 0 aliphatic carbocycles.